The lowest BCUT2D eigenvalue weighted by molar-refractivity contribution is 0.276. The van der Waals surface area contributed by atoms with Gasteiger partial charge in [-0.25, -0.2) is 9.37 Å². The van der Waals surface area contributed by atoms with Crippen LogP contribution in [-0.2, 0) is 13.0 Å². The fraction of sp³-hybridized carbons (Fsp3) is 0.316. The number of hydrogen-bond acceptors (Lipinski definition) is 6. The van der Waals surface area contributed by atoms with E-state index in [0.717, 1.165) is 24.0 Å². The minimum atomic E-state index is -0.245. The summed E-state index contributed by atoms with van der Waals surface area (Å²) in [5.74, 6) is 1.24. The van der Waals surface area contributed by atoms with Gasteiger partial charge in [-0.1, -0.05) is 5.16 Å². The predicted octanol–water partition coefficient (Wildman–Crippen LogP) is 3.32. The quantitative estimate of drug-likeness (QED) is 0.716. The first-order chi connectivity index (χ1) is 12.6. The molecule has 3 aromatic rings. The van der Waals surface area contributed by atoms with Crippen molar-refractivity contribution in [2.45, 2.75) is 19.4 Å². The lowest BCUT2D eigenvalue weighted by atomic mass is 10.1. The van der Waals surface area contributed by atoms with E-state index in [9.17, 15) is 4.39 Å². The Bertz CT molecular complexity index is 939. The monoisotopic (exact) mass is 354 g/mol. The molecule has 0 unspecified atom stereocenters. The second kappa shape index (κ2) is 6.84. The van der Waals surface area contributed by atoms with Crippen LogP contribution in [0.25, 0.3) is 22.8 Å². The molecule has 0 spiro atoms. The van der Waals surface area contributed by atoms with Gasteiger partial charge in [-0.2, -0.15) is 4.98 Å². The highest BCUT2D eigenvalue weighted by molar-refractivity contribution is 5.61. The maximum Gasteiger partial charge on any atom is 0.259 e. The molecular weight excluding hydrogens is 335 g/mol. The number of aromatic nitrogens is 3. The van der Waals surface area contributed by atoms with E-state index in [1.165, 1.54) is 6.07 Å². The van der Waals surface area contributed by atoms with Gasteiger partial charge in [0.1, 0.15) is 5.82 Å². The maximum atomic E-state index is 14.0. The number of fused-ring (bicyclic) bond motifs is 1. The van der Waals surface area contributed by atoms with Gasteiger partial charge in [0.05, 0.1) is 12.2 Å². The molecule has 1 aromatic carbocycles. The number of ether oxygens (including phenoxy) is 1. The Labute approximate surface area is 150 Å². The molecule has 0 saturated carbocycles. The lowest BCUT2D eigenvalue weighted by Gasteiger charge is -2.15. The summed E-state index contributed by atoms with van der Waals surface area (Å²) in [4.78, 5) is 10.7. The van der Waals surface area contributed by atoms with Crippen LogP contribution in [0.2, 0.25) is 0 Å². The van der Waals surface area contributed by atoms with Crippen molar-refractivity contribution in [3.63, 3.8) is 0 Å². The van der Waals surface area contributed by atoms with Gasteiger partial charge in [0, 0.05) is 29.4 Å². The highest BCUT2D eigenvalue weighted by Gasteiger charge is 2.17. The molecule has 7 heteroatoms. The summed E-state index contributed by atoms with van der Waals surface area (Å²) < 4.78 is 24.9. The second-order valence-electron chi connectivity index (χ2n) is 6.61. The first kappa shape index (κ1) is 16.7. The molecule has 6 nitrogen and oxygen atoms in total. The number of aryl methyl sites for hydroxylation is 1. The Balaban J connectivity index is 1.64. The number of rotatable bonds is 4. The molecule has 1 aliphatic heterocycles. The van der Waals surface area contributed by atoms with Crippen LogP contribution >= 0.6 is 0 Å². The summed E-state index contributed by atoms with van der Waals surface area (Å²) in [6.07, 6.45) is 3.56. The first-order valence-electron chi connectivity index (χ1n) is 8.49. The zero-order chi connectivity index (χ0) is 18.1. The van der Waals surface area contributed by atoms with Crippen LogP contribution in [0, 0.1) is 5.82 Å². The molecular formula is C19H19FN4O2. The summed E-state index contributed by atoms with van der Waals surface area (Å²) in [5, 5.41) is 4.04. The van der Waals surface area contributed by atoms with Crippen molar-refractivity contribution in [2.24, 2.45) is 0 Å². The molecule has 3 heterocycles. The minimum absolute atomic E-state index is 0.245. The molecule has 0 aliphatic carbocycles. The standard InChI is InChI=1S/C19H19FN4O2/c1-24(2)11-15-8-12(5-6-16(15)20)17-22-19(26-23-17)14-9-13-4-3-7-25-18(13)21-10-14/h5-6,8-10H,3-4,7,11H2,1-2H3. The molecule has 0 fully saturated rings. The number of halogens is 1. The number of pyridine rings is 1. The molecule has 0 radical (unpaired) electrons. The van der Waals surface area contributed by atoms with E-state index in [0.29, 0.717) is 41.9 Å². The van der Waals surface area contributed by atoms with Crippen molar-refractivity contribution < 1.29 is 13.7 Å². The van der Waals surface area contributed by atoms with Crippen LogP contribution in [0.4, 0.5) is 4.39 Å². The van der Waals surface area contributed by atoms with Crippen molar-refractivity contribution >= 4 is 0 Å². The summed E-state index contributed by atoms with van der Waals surface area (Å²) in [6.45, 7) is 1.20. The Morgan fingerprint density at radius 1 is 1.19 bits per heavy atom. The van der Waals surface area contributed by atoms with Gasteiger partial charge >= 0.3 is 0 Å². The third-order valence-corrected chi connectivity index (χ3v) is 4.22. The van der Waals surface area contributed by atoms with Crippen LogP contribution in [-0.4, -0.2) is 40.7 Å². The van der Waals surface area contributed by atoms with E-state index in [4.69, 9.17) is 9.26 Å². The van der Waals surface area contributed by atoms with E-state index in [-0.39, 0.29) is 5.82 Å². The largest absolute Gasteiger partial charge is 0.477 e. The van der Waals surface area contributed by atoms with Crippen molar-refractivity contribution in [2.75, 3.05) is 20.7 Å². The zero-order valence-electron chi connectivity index (χ0n) is 14.7. The Kier molecular flexibility index (Phi) is 4.38. The SMILES string of the molecule is CN(C)Cc1cc(-c2noc(-c3cnc4c(c3)CCCO4)n2)ccc1F. The molecule has 0 amide bonds. The van der Waals surface area contributed by atoms with E-state index in [1.54, 1.807) is 18.3 Å². The summed E-state index contributed by atoms with van der Waals surface area (Å²) in [7, 11) is 3.79. The Hall–Kier alpha value is -2.80. The summed E-state index contributed by atoms with van der Waals surface area (Å²) in [6, 6.07) is 6.81. The third-order valence-electron chi connectivity index (χ3n) is 4.22. The highest BCUT2D eigenvalue weighted by Crippen LogP contribution is 2.28. The molecule has 2 aromatic heterocycles. The van der Waals surface area contributed by atoms with Gasteiger partial charge in [-0.05, 0) is 51.2 Å². The van der Waals surface area contributed by atoms with E-state index in [2.05, 4.69) is 15.1 Å². The number of nitrogens with zero attached hydrogens (tertiary/aromatic N) is 4. The number of hydrogen-bond donors (Lipinski definition) is 0. The maximum absolute atomic E-state index is 14.0. The van der Waals surface area contributed by atoms with Gasteiger partial charge in [-0.15, -0.1) is 0 Å². The molecule has 0 saturated heterocycles. The van der Waals surface area contributed by atoms with Crippen molar-refractivity contribution in [3.8, 4) is 28.7 Å². The molecule has 0 N–H and O–H groups in total. The minimum Gasteiger partial charge on any atom is -0.477 e. The fourth-order valence-electron chi connectivity index (χ4n) is 2.99. The molecule has 4 rings (SSSR count). The molecule has 0 bridgehead atoms. The topological polar surface area (TPSA) is 64.3 Å². The van der Waals surface area contributed by atoms with Crippen molar-refractivity contribution in [1.82, 2.24) is 20.0 Å². The summed E-state index contributed by atoms with van der Waals surface area (Å²) >= 11 is 0. The van der Waals surface area contributed by atoms with Crippen LogP contribution in [0.1, 0.15) is 17.5 Å². The van der Waals surface area contributed by atoms with Gasteiger partial charge in [0.15, 0.2) is 0 Å². The van der Waals surface area contributed by atoms with Gasteiger partial charge in [-0.3, -0.25) is 0 Å². The van der Waals surface area contributed by atoms with Gasteiger partial charge < -0.3 is 14.2 Å². The van der Waals surface area contributed by atoms with Crippen LogP contribution in [0.5, 0.6) is 5.88 Å². The first-order valence-corrected chi connectivity index (χ1v) is 8.49. The number of benzene rings is 1. The van der Waals surface area contributed by atoms with Crippen LogP contribution in [0.3, 0.4) is 0 Å². The smallest absolute Gasteiger partial charge is 0.259 e. The second-order valence-corrected chi connectivity index (χ2v) is 6.61. The van der Waals surface area contributed by atoms with Crippen molar-refractivity contribution in [3.05, 3.63) is 47.4 Å². The van der Waals surface area contributed by atoms with Crippen LogP contribution < -0.4 is 4.74 Å². The van der Waals surface area contributed by atoms with Gasteiger partial charge in [0.25, 0.3) is 5.89 Å². The van der Waals surface area contributed by atoms with Crippen LogP contribution in [0.15, 0.2) is 35.0 Å². The lowest BCUT2D eigenvalue weighted by Crippen LogP contribution is -2.12. The highest BCUT2D eigenvalue weighted by atomic mass is 19.1. The zero-order valence-corrected chi connectivity index (χ0v) is 14.7. The molecule has 1 aliphatic rings. The van der Waals surface area contributed by atoms with Crippen molar-refractivity contribution in [1.29, 1.82) is 0 Å². The molecule has 134 valence electrons. The molecule has 0 atom stereocenters. The predicted molar refractivity (Wildman–Crippen MR) is 94.1 cm³/mol. The van der Waals surface area contributed by atoms with E-state index < -0.39 is 0 Å². The normalized spacial score (nSPS) is 13.5. The summed E-state index contributed by atoms with van der Waals surface area (Å²) in [5.41, 5.74) is 3.10. The average molecular weight is 354 g/mol. The van der Waals surface area contributed by atoms with Gasteiger partial charge in [0.2, 0.25) is 11.7 Å². The average Bonchev–Trinajstić information content (AvgIpc) is 3.13. The van der Waals surface area contributed by atoms with E-state index >= 15 is 0 Å². The third kappa shape index (κ3) is 3.30. The Morgan fingerprint density at radius 3 is 2.92 bits per heavy atom. The Morgan fingerprint density at radius 2 is 2.08 bits per heavy atom. The van der Waals surface area contributed by atoms with E-state index in [1.807, 2.05) is 25.1 Å². The molecule has 26 heavy (non-hydrogen) atoms. The fourth-order valence-corrected chi connectivity index (χ4v) is 2.99.